The second-order valence-electron chi connectivity index (χ2n) is 5.34. The van der Waals surface area contributed by atoms with Crippen molar-refractivity contribution in [1.82, 2.24) is 5.32 Å². The number of hydrogen-bond donors (Lipinski definition) is 3. The number of nitrogens with two attached hydrogens (primary N) is 1. The Morgan fingerprint density at radius 1 is 1.56 bits per heavy atom. The van der Waals surface area contributed by atoms with Gasteiger partial charge in [0.05, 0.1) is 5.70 Å². The van der Waals surface area contributed by atoms with Gasteiger partial charge in [-0.1, -0.05) is 6.92 Å². The van der Waals surface area contributed by atoms with Crippen molar-refractivity contribution in [2.24, 2.45) is 5.73 Å². The normalized spacial score (nSPS) is 28.4. The second-order valence-corrected chi connectivity index (χ2v) is 6.92. The van der Waals surface area contributed by atoms with Crippen molar-refractivity contribution in [1.29, 1.82) is 0 Å². The Hall–Kier alpha value is -1.04. The summed E-state index contributed by atoms with van der Waals surface area (Å²) in [5, 5.41) is 12.6. The van der Waals surface area contributed by atoms with Gasteiger partial charge in [-0.3, -0.25) is 0 Å². The van der Waals surface area contributed by atoms with Gasteiger partial charge in [0.2, 0.25) is 0 Å². The Morgan fingerprint density at radius 3 is 2.39 bits per heavy atom. The van der Waals surface area contributed by atoms with E-state index in [-0.39, 0.29) is 11.0 Å². The number of rotatable bonds is 3. The molecule has 1 rings (SSSR count). The van der Waals surface area contributed by atoms with Crippen molar-refractivity contribution in [3.63, 3.8) is 0 Å². The minimum atomic E-state index is -0.720. The van der Waals surface area contributed by atoms with Crippen LogP contribution in [-0.2, 0) is 4.74 Å². The summed E-state index contributed by atoms with van der Waals surface area (Å²) in [6.45, 7) is 9.14. The van der Waals surface area contributed by atoms with E-state index in [0.717, 1.165) is 0 Å². The van der Waals surface area contributed by atoms with Crippen LogP contribution < -0.4 is 11.1 Å². The molecule has 1 heterocycles. The lowest BCUT2D eigenvalue weighted by atomic mass is 10.1. The van der Waals surface area contributed by atoms with Gasteiger partial charge in [0.1, 0.15) is 16.2 Å². The van der Waals surface area contributed by atoms with Crippen molar-refractivity contribution in [3.8, 4) is 0 Å². The zero-order valence-electron chi connectivity index (χ0n) is 11.5. The number of ether oxygens (including phenoxy) is 1. The van der Waals surface area contributed by atoms with E-state index in [4.69, 9.17) is 10.5 Å². The third kappa shape index (κ3) is 3.25. The van der Waals surface area contributed by atoms with Crippen LogP contribution >= 0.6 is 11.8 Å². The summed E-state index contributed by atoms with van der Waals surface area (Å²) in [6.07, 6.45) is -0.0807. The molecule has 104 valence electrons. The van der Waals surface area contributed by atoms with Crippen LogP contribution in [0.15, 0.2) is 11.5 Å². The molecule has 0 aromatic rings. The highest BCUT2D eigenvalue weighted by molar-refractivity contribution is 8.08. The highest BCUT2D eigenvalue weighted by atomic mass is 32.2. The molecule has 0 aromatic heterocycles. The minimum absolute atomic E-state index is 0.114. The van der Waals surface area contributed by atoms with Gasteiger partial charge in [0, 0.05) is 11.7 Å². The predicted molar refractivity (Wildman–Crippen MR) is 73.3 cm³/mol. The van der Waals surface area contributed by atoms with Crippen LogP contribution in [0.5, 0.6) is 0 Å². The molecule has 0 radical (unpaired) electrons. The van der Waals surface area contributed by atoms with Crippen LogP contribution in [0, 0.1) is 0 Å². The summed E-state index contributed by atoms with van der Waals surface area (Å²) in [5.74, 6) is 0.114. The fraction of sp³-hybridized carbons (Fsp3) is 0.750. The Bertz CT molecular complexity index is 376. The topological polar surface area (TPSA) is 84.6 Å². The van der Waals surface area contributed by atoms with Crippen LogP contribution in [0.4, 0.5) is 4.79 Å². The van der Waals surface area contributed by atoms with Crippen molar-refractivity contribution in [3.05, 3.63) is 11.5 Å². The molecular formula is C12H22N2O3S. The number of carbonyl (C=O) groups excluding carboxylic acids is 1. The van der Waals surface area contributed by atoms with Gasteiger partial charge in [0.25, 0.3) is 0 Å². The van der Waals surface area contributed by atoms with Crippen LogP contribution in [0.25, 0.3) is 0 Å². The molecule has 0 bridgehead atoms. The van der Waals surface area contributed by atoms with E-state index in [9.17, 15) is 9.90 Å². The third-order valence-electron chi connectivity index (χ3n) is 2.61. The molecule has 1 amide bonds. The number of carbonyl (C=O) groups is 1. The average molecular weight is 274 g/mol. The third-order valence-corrected chi connectivity index (χ3v) is 4.11. The number of amides is 1. The molecule has 18 heavy (non-hydrogen) atoms. The smallest absolute Gasteiger partial charge is 0.409 e. The van der Waals surface area contributed by atoms with Gasteiger partial charge >= 0.3 is 6.09 Å². The summed E-state index contributed by atoms with van der Waals surface area (Å²) in [5.41, 5.74) is 5.67. The number of thioether (sulfide) groups is 1. The lowest BCUT2D eigenvalue weighted by Crippen LogP contribution is -2.45. The first kappa shape index (κ1) is 15.0. The Balaban J connectivity index is 2.78. The number of hydrogen-bond acceptors (Lipinski definition) is 5. The fourth-order valence-corrected chi connectivity index (χ4v) is 2.65. The van der Waals surface area contributed by atoms with Crippen molar-refractivity contribution < 1.29 is 14.6 Å². The molecule has 4 N–H and O–H groups in total. The van der Waals surface area contributed by atoms with E-state index in [2.05, 4.69) is 5.32 Å². The van der Waals surface area contributed by atoms with Gasteiger partial charge in [0.15, 0.2) is 0 Å². The first-order chi connectivity index (χ1) is 8.12. The van der Waals surface area contributed by atoms with E-state index in [1.165, 1.54) is 11.8 Å². The zero-order valence-corrected chi connectivity index (χ0v) is 12.4. The monoisotopic (exact) mass is 274 g/mol. The number of allylic oxidation sites excluding steroid dienone is 1. The Morgan fingerprint density at radius 2 is 2.06 bits per heavy atom. The molecule has 1 fully saturated rings. The van der Waals surface area contributed by atoms with Crippen molar-refractivity contribution in [2.75, 3.05) is 0 Å². The number of aliphatic hydroxyl groups is 1. The van der Waals surface area contributed by atoms with Gasteiger partial charge in [-0.15, -0.1) is 11.8 Å². The number of alkyl carbamates (subject to hydrolysis) is 1. The maximum absolute atomic E-state index is 11.8. The molecule has 0 aromatic carbocycles. The molecule has 1 aliphatic heterocycles. The molecule has 6 heteroatoms. The molecule has 0 aliphatic carbocycles. The first-order valence-electron chi connectivity index (χ1n) is 5.99. The van der Waals surface area contributed by atoms with Crippen LogP contribution in [0.3, 0.4) is 0 Å². The maximum Gasteiger partial charge on any atom is 0.409 e. The van der Waals surface area contributed by atoms with Crippen LogP contribution in [0.2, 0.25) is 0 Å². The van der Waals surface area contributed by atoms with Crippen LogP contribution in [0.1, 0.15) is 41.0 Å². The highest BCUT2D eigenvalue weighted by Gasteiger charge is 2.57. The van der Waals surface area contributed by atoms with Gasteiger partial charge in [-0.05, 0) is 27.7 Å². The molecular weight excluding hydrogens is 252 g/mol. The Kier molecular flexibility index (Phi) is 4.10. The SMILES string of the molecule is CC/C(O)=C(\N)[C@@]1(NC(=O)OC(C)(C)C)SC1C. The summed E-state index contributed by atoms with van der Waals surface area (Å²) in [7, 11) is 0. The maximum atomic E-state index is 11.8. The van der Waals surface area contributed by atoms with E-state index in [1.54, 1.807) is 27.7 Å². The predicted octanol–water partition coefficient (Wildman–Crippen LogP) is 2.48. The average Bonchev–Trinajstić information content (AvgIpc) is 2.84. The Labute approximate surface area is 112 Å². The lowest BCUT2D eigenvalue weighted by Gasteiger charge is -2.23. The van der Waals surface area contributed by atoms with E-state index in [0.29, 0.717) is 12.1 Å². The molecule has 2 atom stereocenters. The minimum Gasteiger partial charge on any atom is -0.510 e. The molecule has 0 saturated carbocycles. The molecule has 1 saturated heterocycles. The second kappa shape index (κ2) is 4.91. The standard InChI is InChI=1S/C12H22N2O3S/c1-6-8(15)9(13)12(7(2)18-12)14-10(16)17-11(3,4)5/h7,15H,6,13H2,1-5H3,(H,14,16)/b9-8+/t7?,12-/m0/s1. The van der Waals surface area contributed by atoms with E-state index in [1.807, 2.05) is 6.92 Å². The van der Waals surface area contributed by atoms with Crippen molar-refractivity contribution in [2.45, 2.75) is 56.8 Å². The number of nitrogens with one attached hydrogen (secondary N) is 1. The van der Waals surface area contributed by atoms with Gasteiger partial charge in [-0.25, -0.2) is 4.79 Å². The lowest BCUT2D eigenvalue weighted by molar-refractivity contribution is 0.0510. The highest BCUT2D eigenvalue weighted by Crippen LogP contribution is 2.55. The summed E-state index contributed by atoms with van der Waals surface area (Å²) < 4.78 is 5.20. The van der Waals surface area contributed by atoms with E-state index < -0.39 is 16.6 Å². The molecule has 1 unspecified atom stereocenters. The van der Waals surface area contributed by atoms with Crippen molar-refractivity contribution >= 4 is 17.9 Å². The summed E-state index contributed by atoms with van der Waals surface area (Å²) in [6, 6.07) is 0. The van der Waals surface area contributed by atoms with Gasteiger partial charge < -0.3 is 20.9 Å². The largest absolute Gasteiger partial charge is 0.510 e. The van der Waals surface area contributed by atoms with E-state index >= 15 is 0 Å². The fourth-order valence-electron chi connectivity index (χ4n) is 1.59. The molecule has 5 nitrogen and oxygen atoms in total. The van der Waals surface area contributed by atoms with Crippen LogP contribution in [-0.4, -0.2) is 26.9 Å². The quantitative estimate of drug-likeness (QED) is 0.544. The number of aliphatic hydroxyl groups excluding tert-OH is 1. The molecule has 0 spiro atoms. The molecule has 1 aliphatic rings. The first-order valence-corrected chi connectivity index (χ1v) is 6.87. The zero-order chi connectivity index (χ0) is 14.1. The van der Waals surface area contributed by atoms with Gasteiger partial charge in [-0.2, -0.15) is 0 Å². The summed E-state index contributed by atoms with van der Waals surface area (Å²) >= 11 is 1.49. The summed E-state index contributed by atoms with van der Waals surface area (Å²) in [4.78, 5) is 11.0.